The van der Waals surface area contributed by atoms with Crippen molar-refractivity contribution in [2.75, 3.05) is 21.2 Å². The third-order valence-electron chi connectivity index (χ3n) is 3.06. The number of ether oxygens (including phenoxy) is 2. The Morgan fingerprint density at radius 1 is 1.36 bits per heavy atom. The van der Waals surface area contributed by atoms with E-state index in [0.717, 1.165) is 5.56 Å². The van der Waals surface area contributed by atoms with Crippen molar-refractivity contribution >= 4 is 28.9 Å². The molecule has 2 rings (SSSR count). The fourth-order valence-corrected chi connectivity index (χ4v) is 2.98. The highest BCUT2D eigenvalue weighted by Crippen LogP contribution is 2.37. The summed E-state index contributed by atoms with van der Waals surface area (Å²) in [6.07, 6.45) is 1.83. The lowest BCUT2D eigenvalue weighted by molar-refractivity contribution is -0.121. The van der Waals surface area contributed by atoms with Crippen molar-refractivity contribution in [1.29, 1.82) is 0 Å². The number of aliphatic imine (C=N–C) groups is 1. The summed E-state index contributed by atoms with van der Waals surface area (Å²) in [4.78, 5) is 18.5. The Morgan fingerprint density at radius 3 is 2.64 bits per heavy atom. The van der Waals surface area contributed by atoms with Gasteiger partial charge in [-0.2, -0.15) is 0 Å². The molecule has 0 radical (unpaired) electrons. The Morgan fingerprint density at radius 2 is 2.09 bits per heavy atom. The zero-order chi connectivity index (χ0) is 16.3. The van der Waals surface area contributed by atoms with Crippen molar-refractivity contribution in [2.24, 2.45) is 4.99 Å². The molecule has 1 aromatic carbocycles. The molecule has 1 heterocycles. The van der Waals surface area contributed by atoms with Gasteiger partial charge in [-0.1, -0.05) is 12.1 Å². The third kappa shape index (κ3) is 3.27. The largest absolute Gasteiger partial charge is 0.493 e. The number of para-hydroxylation sites is 1. The number of amides is 1. The van der Waals surface area contributed by atoms with E-state index in [4.69, 9.17) is 9.47 Å². The van der Waals surface area contributed by atoms with Gasteiger partial charge in [0.15, 0.2) is 16.7 Å². The fraction of sp³-hybridized carbons (Fsp3) is 0.375. The Kier molecular flexibility index (Phi) is 5.13. The van der Waals surface area contributed by atoms with Crippen LogP contribution in [0.2, 0.25) is 0 Å². The predicted octanol–water partition coefficient (Wildman–Crippen LogP) is 3.01. The van der Waals surface area contributed by atoms with Crippen molar-refractivity contribution in [3.05, 3.63) is 28.7 Å². The van der Waals surface area contributed by atoms with Crippen LogP contribution in [0.3, 0.4) is 0 Å². The van der Waals surface area contributed by atoms with Crippen LogP contribution >= 0.6 is 11.8 Å². The van der Waals surface area contributed by atoms with E-state index in [-0.39, 0.29) is 12.0 Å². The van der Waals surface area contributed by atoms with E-state index < -0.39 is 0 Å². The second-order valence-electron chi connectivity index (χ2n) is 5.03. The average Bonchev–Trinajstić information content (AvgIpc) is 2.76. The molecule has 6 heteroatoms. The van der Waals surface area contributed by atoms with E-state index in [1.54, 1.807) is 26.1 Å². The maximum absolute atomic E-state index is 12.3. The van der Waals surface area contributed by atoms with Gasteiger partial charge in [-0.05, 0) is 37.8 Å². The molecule has 0 bridgehead atoms. The number of amidine groups is 1. The second-order valence-corrected chi connectivity index (χ2v) is 6.04. The second kappa shape index (κ2) is 6.87. The molecular weight excluding hydrogens is 300 g/mol. The summed E-state index contributed by atoms with van der Waals surface area (Å²) in [6, 6.07) is 5.62. The minimum atomic E-state index is -0.0658. The minimum absolute atomic E-state index is 0.0100. The van der Waals surface area contributed by atoms with Crippen molar-refractivity contribution in [3.63, 3.8) is 0 Å². The van der Waals surface area contributed by atoms with Crippen LogP contribution in [-0.2, 0) is 4.79 Å². The van der Waals surface area contributed by atoms with Gasteiger partial charge in [0.25, 0.3) is 5.91 Å². The van der Waals surface area contributed by atoms with Crippen molar-refractivity contribution in [1.82, 2.24) is 4.90 Å². The SMILES string of the molecule is CN=C1S/C(=C/c2cccc(OC)c2OC(C)C)C(=O)N1C. The summed E-state index contributed by atoms with van der Waals surface area (Å²) < 4.78 is 11.2. The van der Waals surface area contributed by atoms with Gasteiger partial charge in [-0.15, -0.1) is 0 Å². The van der Waals surface area contributed by atoms with Crippen LogP contribution in [0.1, 0.15) is 19.4 Å². The van der Waals surface area contributed by atoms with Crippen LogP contribution in [-0.4, -0.2) is 43.3 Å². The molecule has 22 heavy (non-hydrogen) atoms. The van der Waals surface area contributed by atoms with Gasteiger partial charge in [0.1, 0.15) is 0 Å². The van der Waals surface area contributed by atoms with Gasteiger partial charge in [-0.25, -0.2) is 0 Å². The van der Waals surface area contributed by atoms with E-state index >= 15 is 0 Å². The topological polar surface area (TPSA) is 51.1 Å². The number of benzene rings is 1. The number of carbonyl (C=O) groups is 1. The summed E-state index contributed by atoms with van der Waals surface area (Å²) in [5, 5.41) is 0.686. The summed E-state index contributed by atoms with van der Waals surface area (Å²) in [5.74, 6) is 1.23. The van der Waals surface area contributed by atoms with Crippen molar-refractivity contribution in [2.45, 2.75) is 20.0 Å². The molecular formula is C16H20N2O3S. The van der Waals surface area contributed by atoms with Crippen molar-refractivity contribution < 1.29 is 14.3 Å². The molecule has 0 aromatic heterocycles. The molecule has 0 aliphatic carbocycles. The van der Waals surface area contributed by atoms with E-state index in [2.05, 4.69) is 4.99 Å². The Bertz CT molecular complexity index is 638. The van der Waals surface area contributed by atoms with Crippen LogP contribution < -0.4 is 9.47 Å². The van der Waals surface area contributed by atoms with E-state index in [9.17, 15) is 4.79 Å². The quantitative estimate of drug-likeness (QED) is 0.800. The molecule has 1 amide bonds. The van der Waals surface area contributed by atoms with E-state index in [0.29, 0.717) is 21.6 Å². The van der Waals surface area contributed by atoms with E-state index in [1.165, 1.54) is 11.8 Å². The Labute approximate surface area is 135 Å². The van der Waals surface area contributed by atoms with E-state index in [1.807, 2.05) is 38.1 Å². The number of likely N-dealkylation sites (N-methyl/N-ethyl adjacent to an activating group) is 1. The molecule has 1 fully saturated rings. The molecule has 5 nitrogen and oxygen atoms in total. The van der Waals surface area contributed by atoms with Crippen molar-refractivity contribution in [3.8, 4) is 11.5 Å². The Balaban J connectivity index is 2.45. The minimum Gasteiger partial charge on any atom is -0.493 e. The average molecular weight is 320 g/mol. The lowest BCUT2D eigenvalue weighted by atomic mass is 10.1. The maximum atomic E-state index is 12.3. The molecule has 1 saturated heterocycles. The highest BCUT2D eigenvalue weighted by atomic mass is 32.2. The molecule has 0 spiro atoms. The summed E-state index contributed by atoms with van der Waals surface area (Å²) in [5.41, 5.74) is 0.814. The van der Waals surface area contributed by atoms with Crippen LogP contribution in [0.25, 0.3) is 6.08 Å². The van der Waals surface area contributed by atoms with Crippen LogP contribution in [0.15, 0.2) is 28.1 Å². The number of nitrogens with zero attached hydrogens (tertiary/aromatic N) is 2. The molecule has 118 valence electrons. The van der Waals surface area contributed by atoms with Gasteiger partial charge >= 0.3 is 0 Å². The predicted molar refractivity (Wildman–Crippen MR) is 90.5 cm³/mol. The highest BCUT2D eigenvalue weighted by Gasteiger charge is 2.30. The first-order valence-electron chi connectivity index (χ1n) is 6.96. The number of hydrogen-bond acceptors (Lipinski definition) is 5. The molecule has 1 aliphatic heterocycles. The van der Waals surface area contributed by atoms with Gasteiger partial charge in [0, 0.05) is 19.7 Å². The molecule has 1 aromatic rings. The van der Waals surface area contributed by atoms with Crippen LogP contribution in [0.5, 0.6) is 11.5 Å². The molecule has 1 aliphatic rings. The van der Waals surface area contributed by atoms with Crippen LogP contribution in [0.4, 0.5) is 0 Å². The zero-order valence-corrected chi connectivity index (χ0v) is 14.2. The highest BCUT2D eigenvalue weighted by molar-refractivity contribution is 8.18. The molecule has 0 atom stereocenters. The fourth-order valence-electron chi connectivity index (χ4n) is 2.06. The number of hydrogen-bond donors (Lipinski definition) is 0. The maximum Gasteiger partial charge on any atom is 0.266 e. The number of thioether (sulfide) groups is 1. The summed E-state index contributed by atoms with van der Waals surface area (Å²) >= 11 is 1.35. The monoisotopic (exact) mass is 320 g/mol. The molecule has 0 unspecified atom stereocenters. The Hall–Kier alpha value is -1.95. The number of methoxy groups -OCH3 is 1. The lowest BCUT2D eigenvalue weighted by Gasteiger charge is -2.16. The summed E-state index contributed by atoms with van der Waals surface area (Å²) in [7, 11) is 4.99. The van der Waals surface area contributed by atoms with Gasteiger partial charge < -0.3 is 9.47 Å². The standard InChI is InChI=1S/C16H20N2O3S/c1-10(2)21-14-11(7-6-8-12(14)20-5)9-13-15(19)18(4)16(17-3)22-13/h6-10H,1-5H3/b13-9+,17-16?. The normalized spacial score (nSPS) is 18.6. The number of carbonyl (C=O) groups excluding carboxylic acids is 1. The first kappa shape index (κ1) is 16.4. The van der Waals surface area contributed by atoms with Gasteiger partial charge in [0.2, 0.25) is 0 Å². The first-order chi connectivity index (χ1) is 10.5. The molecule has 0 saturated carbocycles. The van der Waals surface area contributed by atoms with Gasteiger partial charge in [-0.3, -0.25) is 14.7 Å². The summed E-state index contributed by atoms with van der Waals surface area (Å²) in [6.45, 7) is 3.91. The smallest absolute Gasteiger partial charge is 0.266 e. The van der Waals surface area contributed by atoms with Gasteiger partial charge in [0.05, 0.1) is 18.1 Å². The van der Waals surface area contributed by atoms with Crippen LogP contribution in [0, 0.1) is 0 Å². The first-order valence-corrected chi connectivity index (χ1v) is 7.77. The zero-order valence-electron chi connectivity index (χ0n) is 13.4. The third-order valence-corrected chi connectivity index (χ3v) is 4.22. The lowest BCUT2D eigenvalue weighted by Crippen LogP contribution is -2.23. The number of rotatable bonds is 4. The molecule has 0 N–H and O–H groups in total.